The van der Waals surface area contributed by atoms with E-state index in [2.05, 4.69) is 24.2 Å². The average molecular weight is 172 g/mol. The zero-order chi connectivity index (χ0) is 9.14. The predicted molar refractivity (Wildman–Crippen MR) is 50.2 cm³/mol. The summed E-state index contributed by atoms with van der Waals surface area (Å²) < 4.78 is 0. The van der Waals surface area contributed by atoms with Crippen LogP contribution in [-0.2, 0) is 0 Å². The summed E-state index contributed by atoms with van der Waals surface area (Å²) in [7, 11) is 2.08. The second kappa shape index (κ2) is 4.21. The number of nitrogens with one attached hydrogen (secondary N) is 1. The van der Waals surface area contributed by atoms with Crippen molar-refractivity contribution in [2.45, 2.75) is 38.5 Å². The van der Waals surface area contributed by atoms with Gasteiger partial charge in [-0.05, 0) is 33.9 Å². The normalized spacial score (nSPS) is 32.8. The number of likely N-dealkylation sites (N-methyl/N-ethyl adjacent to an activating group) is 1. The minimum atomic E-state index is -0.220. The van der Waals surface area contributed by atoms with Gasteiger partial charge in [0.15, 0.2) is 0 Å². The molecule has 0 unspecified atom stereocenters. The minimum Gasteiger partial charge on any atom is -0.392 e. The molecular weight excluding hydrogens is 152 g/mol. The van der Waals surface area contributed by atoms with Crippen molar-refractivity contribution in [2.75, 3.05) is 20.1 Å². The van der Waals surface area contributed by atoms with E-state index < -0.39 is 0 Å². The van der Waals surface area contributed by atoms with Gasteiger partial charge in [0.25, 0.3) is 0 Å². The van der Waals surface area contributed by atoms with E-state index >= 15 is 0 Å². The molecule has 1 saturated heterocycles. The van der Waals surface area contributed by atoms with Gasteiger partial charge in [-0.15, -0.1) is 0 Å². The Balaban J connectivity index is 2.35. The molecule has 3 atom stereocenters. The molecule has 2 N–H and O–H groups in total. The van der Waals surface area contributed by atoms with Gasteiger partial charge < -0.3 is 10.4 Å². The summed E-state index contributed by atoms with van der Waals surface area (Å²) in [6, 6.07) is 1.16. The highest BCUT2D eigenvalue weighted by atomic mass is 16.3. The lowest BCUT2D eigenvalue weighted by atomic mass is 10.1. The lowest BCUT2D eigenvalue weighted by Crippen LogP contribution is -2.42. The van der Waals surface area contributed by atoms with Crippen molar-refractivity contribution in [3.05, 3.63) is 0 Å². The summed E-state index contributed by atoms with van der Waals surface area (Å²) in [5.74, 6) is 0. The summed E-state index contributed by atoms with van der Waals surface area (Å²) in [5, 5.41) is 12.6. The van der Waals surface area contributed by atoms with Crippen LogP contribution in [0.3, 0.4) is 0 Å². The molecule has 0 spiro atoms. The molecule has 1 fully saturated rings. The Bertz CT molecular complexity index is 138. The summed E-state index contributed by atoms with van der Waals surface area (Å²) >= 11 is 0. The topological polar surface area (TPSA) is 35.5 Å². The summed E-state index contributed by atoms with van der Waals surface area (Å²) in [4.78, 5) is 2.25. The van der Waals surface area contributed by atoms with Gasteiger partial charge in [-0.1, -0.05) is 0 Å². The van der Waals surface area contributed by atoms with Crippen LogP contribution in [-0.4, -0.2) is 48.3 Å². The number of hydrogen-bond donors (Lipinski definition) is 2. The van der Waals surface area contributed by atoms with E-state index in [-0.39, 0.29) is 6.10 Å². The molecule has 72 valence electrons. The van der Waals surface area contributed by atoms with Gasteiger partial charge in [0, 0.05) is 18.6 Å². The summed E-state index contributed by atoms with van der Waals surface area (Å²) in [6.07, 6.45) is 0.979. The van der Waals surface area contributed by atoms with Crippen molar-refractivity contribution in [3.63, 3.8) is 0 Å². The third-order valence-corrected chi connectivity index (χ3v) is 2.60. The van der Waals surface area contributed by atoms with Crippen molar-refractivity contribution >= 4 is 0 Å². The fraction of sp³-hybridized carbons (Fsp3) is 1.00. The third kappa shape index (κ3) is 2.44. The largest absolute Gasteiger partial charge is 0.392 e. The van der Waals surface area contributed by atoms with Crippen LogP contribution in [0.25, 0.3) is 0 Å². The first-order valence-electron chi connectivity index (χ1n) is 4.73. The Labute approximate surface area is 74.8 Å². The molecule has 0 saturated carbocycles. The minimum absolute atomic E-state index is 0.220. The van der Waals surface area contributed by atoms with Gasteiger partial charge in [0.2, 0.25) is 0 Å². The lowest BCUT2D eigenvalue weighted by Gasteiger charge is -2.28. The molecule has 0 aromatic carbocycles. The molecule has 1 aliphatic heterocycles. The van der Waals surface area contributed by atoms with E-state index in [1.807, 2.05) is 6.92 Å². The number of hydrogen-bond acceptors (Lipinski definition) is 3. The Morgan fingerprint density at radius 3 is 2.75 bits per heavy atom. The Hall–Kier alpha value is -0.120. The molecule has 0 amide bonds. The molecule has 0 bridgehead atoms. The van der Waals surface area contributed by atoms with E-state index in [1.54, 1.807) is 0 Å². The molecule has 0 aromatic rings. The molecule has 3 heteroatoms. The van der Waals surface area contributed by atoms with Gasteiger partial charge in [0.1, 0.15) is 0 Å². The number of aliphatic hydroxyl groups excluding tert-OH is 1. The standard InChI is InChI=1S/C9H20N2O/c1-7(12)6-11(3)9-4-5-10-8(9)2/h7-10,12H,4-6H2,1-3H3/t7-,8-,9-/m0/s1. The summed E-state index contributed by atoms with van der Waals surface area (Å²) in [5.41, 5.74) is 0. The third-order valence-electron chi connectivity index (χ3n) is 2.60. The maximum atomic E-state index is 9.21. The molecular formula is C9H20N2O. The highest BCUT2D eigenvalue weighted by molar-refractivity contribution is 4.87. The van der Waals surface area contributed by atoms with Gasteiger partial charge >= 0.3 is 0 Å². The van der Waals surface area contributed by atoms with Gasteiger partial charge in [-0.2, -0.15) is 0 Å². The fourth-order valence-electron chi connectivity index (χ4n) is 2.00. The van der Waals surface area contributed by atoms with Gasteiger partial charge in [-0.3, -0.25) is 4.90 Å². The van der Waals surface area contributed by atoms with Crippen LogP contribution in [0.2, 0.25) is 0 Å². The van der Waals surface area contributed by atoms with Gasteiger partial charge in [-0.25, -0.2) is 0 Å². The first kappa shape index (κ1) is 9.96. The SMILES string of the molecule is C[C@H](O)CN(C)[C@H]1CCN[C@H]1C. The first-order valence-corrected chi connectivity index (χ1v) is 4.73. The van der Waals surface area contributed by atoms with E-state index in [0.717, 1.165) is 13.1 Å². The number of aliphatic hydroxyl groups is 1. The number of rotatable bonds is 3. The second-order valence-electron chi connectivity index (χ2n) is 3.89. The molecule has 1 heterocycles. The Morgan fingerprint density at radius 1 is 1.67 bits per heavy atom. The van der Waals surface area contributed by atoms with E-state index in [0.29, 0.717) is 12.1 Å². The Kier molecular flexibility index (Phi) is 3.50. The van der Waals surface area contributed by atoms with Crippen molar-refractivity contribution < 1.29 is 5.11 Å². The van der Waals surface area contributed by atoms with Crippen molar-refractivity contribution in [1.82, 2.24) is 10.2 Å². The van der Waals surface area contributed by atoms with Crippen LogP contribution in [0, 0.1) is 0 Å². The molecule has 3 nitrogen and oxygen atoms in total. The van der Waals surface area contributed by atoms with Crippen LogP contribution in [0.5, 0.6) is 0 Å². The molecule has 0 aromatic heterocycles. The first-order chi connectivity index (χ1) is 5.61. The van der Waals surface area contributed by atoms with E-state index in [1.165, 1.54) is 6.42 Å². The zero-order valence-corrected chi connectivity index (χ0v) is 8.25. The molecule has 1 rings (SSSR count). The van der Waals surface area contributed by atoms with E-state index in [9.17, 15) is 5.11 Å². The Morgan fingerprint density at radius 2 is 2.33 bits per heavy atom. The average Bonchev–Trinajstić information content (AvgIpc) is 2.33. The van der Waals surface area contributed by atoms with Crippen molar-refractivity contribution in [3.8, 4) is 0 Å². The van der Waals surface area contributed by atoms with Crippen LogP contribution in [0.15, 0.2) is 0 Å². The quantitative estimate of drug-likeness (QED) is 0.631. The van der Waals surface area contributed by atoms with Crippen LogP contribution in [0.1, 0.15) is 20.3 Å². The predicted octanol–water partition coefficient (Wildman–Crippen LogP) is 0.0494. The van der Waals surface area contributed by atoms with Crippen molar-refractivity contribution in [1.29, 1.82) is 0 Å². The molecule has 1 aliphatic rings. The smallest absolute Gasteiger partial charge is 0.0639 e. The van der Waals surface area contributed by atoms with Gasteiger partial charge in [0.05, 0.1) is 6.10 Å². The lowest BCUT2D eigenvalue weighted by molar-refractivity contribution is 0.114. The summed E-state index contributed by atoms with van der Waals surface area (Å²) in [6.45, 7) is 5.92. The van der Waals surface area contributed by atoms with Crippen LogP contribution < -0.4 is 5.32 Å². The molecule has 12 heavy (non-hydrogen) atoms. The van der Waals surface area contributed by atoms with E-state index in [4.69, 9.17) is 0 Å². The molecule has 0 aliphatic carbocycles. The highest BCUT2D eigenvalue weighted by Gasteiger charge is 2.26. The maximum absolute atomic E-state index is 9.21. The highest BCUT2D eigenvalue weighted by Crippen LogP contribution is 2.12. The van der Waals surface area contributed by atoms with Crippen LogP contribution in [0.4, 0.5) is 0 Å². The van der Waals surface area contributed by atoms with Crippen molar-refractivity contribution in [2.24, 2.45) is 0 Å². The monoisotopic (exact) mass is 172 g/mol. The molecule has 0 radical (unpaired) electrons. The number of nitrogens with zero attached hydrogens (tertiary/aromatic N) is 1. The van der Waals surface area contributed by atoms with Crippen LogP contribution >= 0.6 is 0 Å². The maximum Gasteiger partial charge on any atom is 0.0639 e. The fourth-order valence-corrected chi connectivity index (χ4v) is 2.00. The zero-order valence-electron chi connectivity index (χ0n) is 8.25. The second-order valence-corrected chi connectivity index (χ2v) is 3.89.